The molecule has 102 valence electrons. The van der Waals surface area contributed by atoms with E-state index in [1.165, 1.54) is 36.1 Å². The molecule has 1 N–H and O–H groups in total. The van der Waals surface area contributed by atoms with Crippen molar-refractivity contribution in [2.75, 3.05) is 6.54 Å². The number of thiophene rings is 2. The van der Waals surface area contributed by atoms with Gasteiger partial charge in [-0.05, 0) is 65.6 Å². The topological polar surface area (TPSA) is 12.0 Å². The Morgan fingerprint density at radius 1 is 1.21 bits per heavy atom. The molecule has 2 aromatic heterocycles. The van der Waals surface area contributed by atoms with Crippen LogP contribution in [0, 0.1) is 5.92 Å². The van der Waals surface area contributed by atoms with Gasteiger partial charge in [0.2, 0.25) is 0 Å². The predicted octanol–water partition coefficient (Wildman–Crippen LogP) is 4.87. The number of nitrogens with one attached hydrogen (secondary N) is 1. The summed E-state index contributed by atoms with van der Waals surface area (Å²) < 4.78 is 0. The van der Waals surface area contributed by atoms with Crippen LogP contribution in [0.3, 0.4) is 0 Å². The first-order valence-corrected chi connectivity index (χ1v) is 9.03. The van der Waals surface area contributed by atoms with Gasteiger partial charge >= 0.3 is 0 Å². The Morgan fingerprint density at radius 2 is 2.11 bits per heavy atom. The molecule has 0 radical (unpaired) electrons. The number of hydrogen-bond acceptors (Lipinski definition) is 3. The van der Waals surface area contributed by atoms with Gasteiger partial charge in [-0.15, -0.1) is 11.3 Å². The van der Waals surface area contributed by atoms with Gasteiger partial charge in [-0.3, -0.25) is 0 Å². The van der Waals surface area contributed by atoms with E-state index in [1.807, 2.05) is 11.3 Å². The molecule has 1 aliphatic carbocycles. The lowest BCUT2D eigenvalue weighted by Gasteiger charge is -2.23. The molecule has 1 nitrogen and oxygen atoms in total. The maximum absolute atomic E-state index is 3.82. The summed E-state index contributed by atoms with van der Waals surface area (Å²) in [6.07, 6.45) is 6.78. The monoisotopic (exact) mass is 291 g/mol. The van der Waals surface area contributed by atoms with Gasteiger partial charge in [-0.2, -0.15) is 11.3 Å². The minimum absolute atomic E-state index is 0.584. The Labute approximate surface area is 123 Å². The normalized spacial score (nSPS) is 17.9. The van der Waals surface area contributed by atoms with E-state index in [-0.39, 0.29) is 0 Å². The van der Waals surface area contributed by atoms with E-state index < -0.39 is 0 Å². The van der Waals surface area contributed by atoms with Crippen molar-refractivity contribution in [3.05, 3.63) is 44.8 Å². The fourth-order valence-corrected chi connectivity index (χ4v) is 4.66. The Morgan fingerprint density at radius 3 is 2.79 bits per heavy atom. The van der Waals surface area contributed by atoms with Crippen LogP contribution in [0.4, 0.5) is 0 Å². The van der Waals surface area contributed by atoms with Crippen molar-refractivity contribution in [1.29, 1.82) is 0 Å². The largest absolute Gasteiger partial charge is 0.309 e. The quantitative estimate of drug-likeness (QED) is 0.800. The fourth-order valence-electron chi connectivity index (χ4n) is 3.07. The fraction of sp³-hybridized carbons (Fsp3) is 0.500. The molecular weight excluding hydrogens is 270 g/mol. The molecule has 0 aliphatic heterocycles. The molecule has 1 fully saturated rings. The van der Waals surface area contributed by atoms with E-state index in [0.717, 1.165) is 18.9 Å². The van der Waals surface area contributed by atoms with Crippen LogP contribution in [0.2, 0.25) is 0 Å². The van der Waals surface area contributed by atoms with E-state index in [2.05, 4.69) is 39.7 Å². The molecule has 0 saturated heterocycles. The van der Waals surface area contributed by atoms with Crippen LogP contribution < -0.4 is 5.32 Å². The van der Waals surface area contributed by atoms with E-state index in [4.69, 9.17) is 0 Å². The molecular formula is C16H21NS2. The number of rotatable bonds is 6. The first-order chi connectivity index (χ1) is 9.43. The molecule has 0 bridgehead atoms. The minimum Gasteiger partial charge on any atom is -0.309 e. The summed E-state index contributed by atoms with van der Waals surface area (Å²) in [5.41, 5.74) is 1.47. The lowest BCUT2D eigenvalue weighted by atomic mass is 9.96. The lowest BCUT2D eigenvalue weighted by Crippen LogP contribution is -2.28. The van der Waals surface area contributed by atoms with Crippen molar-refractivity contribution in [3.8, 4) is 0 Å². The summed E-state index contributed by atoms with van der Waals surface area (Å²) in [5.74, 6) is 0.848. The lowest BCUT2D eigenvalue weighted by molar-refractivity contribution is 0.374. The summed E-state index contributed by atoms with van der Waals surface area (Å²) in [7, 11) is 0. The Hall–Kier alpha value is -0.640. The molecule has 1 aliphatic rings. The molecule has 1 unspecified atom stereocenters. The zero-order valence-electron chi connectivity index (χ0n) is 11.2. The third kappa shape index (κ3) is 3.47. The Balaban J connectivity index is 1.59. The molecule has 0 spiro atoms. The van der Waals surface area contributed by atoms with Crippen molar-refractivity contribution >= 4 is 22.7 Å². The Kier molecular flexibility index (Phi) is 4.70. The van der Waals surface area contributed by atoms with Gasteiger partial charge in [-0.25, -0.2) is 0 Å². The van der Waals surface area contributed by atoms with Crippen LogP contribution in [0.25, 0.3) is 0 Å². The van der Waals surface area contributed by atoms with Gasteiger partial charge < -0.3 is 5.32 Å². The minimum atomic E-state index is 0.584. The molecule has 3 heteroatoms. The van der Waals surface area contributed by atoms with Gasteiger partial charge in [0, 0.05) is 10.9 Å². The average molecular weight is 291 g/mol. The van der Waals surface area contributed by atoms with E-state index in [0.29, 0.717) is 6.04 Å². The third-order valence-corrected chi connectivity index (χ3v) is 5.77. The first kappa shape index (κ1) is 13.3. The van der Waals surface area contributed by atoms with Crippen molar-refractivity contribution in [3.63, 3.8) is 0 Å². The maximum atomic E-state index is 3.82. The highest BCUT2D eigenvalue weighted by Crippen LogP contribution is 2.37. The van der Waals surface area contributed by atoms with Crippen LogP contribution in [0.1, 0.15) is 42.2 Å². The van der Waals surface area contributed by atoms with Crippen molar-refractivity contribution in [2.24, 2.45) is 5.92 Å². The molecule has 1 saturated carbocycles. The second kappa shape index (κ2) is 6.69. The molecule has 0 aromatic carbocycles. The third-order valence-electron chi connectivity index (χ3n) is 4.08. The second-order valence-corrected chi connectivity index (χ2v) is 7.13. The smallest absolute Gasteiger partial charge is 0.0443 e. The van der Waals surface area contributed by atoms with Gasteiger partial charge in [0.1, 0.15) is 0 Å². The predicted molar refractivity (Wildman–Crippen MR) is 85.0 cm³/mol. The zero-order valence-corrected chi connectivity index (χ0v) is 12.8. The second-order valence-electron chi connectivity index (χ2n) is 5.37. The highest BCUT2D eigenvalue weighted by Gasteiger charge is 2.26. The standard InChI is InChI=1S/C16H21NS2/c1-2-5-14(4-1)16(15-6-3-10-19-15)17-9-7-13-8-11-18-12-13/h3,6,8,10-12,14,16-17H,1-2,4-5,7,9H2. The van der Waals surface area contributed by atoms with Crippen molar-refractivity contribution < 1.29 is 0 Å². The van der Waals surface area contributed by atoms with Gasteiger partial charge in [-0.1, -0.05) is 18.9 Å². The summed E-state index contributed by atoms with van der Waals surface area (Å²) in [4.78, 5) is 1.53. The molecule has 2 aromatic rings. The highest BCUT2D eigenvalue weighted by atomic mass is 32.1. The average Bonchev–Trinajstić information content (AvgIpc) is 3.15. The van der Waals surface area contributed by atoms with Crippen LogP contribution in [-0.2, 0) is 6.42 Å². The maximum Gasteiger partial charge on any atom is 0.0443 e. The summed E-state index contributed by atoms with van der Waals surface area (Å²) in [6, 6.07) is 7.30. The van der Waals surface area contributed by atoms with Gasteiger partial charge in [0.05, 0.1) is 0 Å². The van der Waals surface area contributed by atoms with E-state index >= 15 is 0 Å². The molecule has 0 amide bonds. The summed E-state index contributed by atoms with van der Waals surface area (Å²) in [5, 5.41) is 10.5. The van der Waals surface area contributed by atoms with Crippen molar-refractivity contribution in [1.82, 2.24) is 5.32 Å². The summed E-state index contributed by atoms with van der Waals surface area (Å²) in [6.45, 7) is 1.09. The Bertz CT molecular complexity index is 455. The molecule has 2 heterocycles. The van der Waals surface area contributed by atoms with Crippen LogP contribution in [0.5, 0.6) is 0 Å². The van der Waals surface area contributed by atoms with Crippen LogP contribution >= 0.6 is 22.7 Å². The molecule has 19 heavy (non-hydrogen) atoms. The zero-order chi connectivity index (χ0) is 12.9. The van der Waals surface area contributed by atoms with Crippen molar-refractivity contribution in [2.45, 2.75) is 38.1 Å². The summed E-state index contributed by atoms with van der Waals surface area (Å²) >= 11 is 3.70. The first-order valence-electron chi connectivity index (χ1n) is 7.21. The highest BCUT2D eigenvalue weighted by molar-refractivity contribution is 7.10. The van der Waals surface area contributed by atoms with Crippen LogP contribution in [-0.4, -0.2) is 6.54 Å². The van der Waals surface area contributed by atoms with Crippen LogP contribution in [0.15, 0.2) is 34.3 Å². The molecule has 3 rings (SSSR count). The van der Waals surface area contributed by atoms with E-state index in [9.17, 15) is 0 Å². The molecule has 1 atom stereocenters. The van der Waals surface area contributed by atoms with E-state index in [1.54, 1.807) is 11.3 Å². The van der Waals surface area contributed by atoms with Gasteiger partial charge in [0.15, 0.2) is 0 Å². The number of hydrogen-bond donors (Lipinski definition) is 1. The van der Waals surface area contributed by atoms with Gasteiger partial charge in [0.25, 0.3) is 0 Å². The SMILES string of the molecule is c1csc(C(NCCc2ccsc2)C2CCCC2)c1.